The Morgan fingerprint density at radius 2 is 2.19 bits per heavy atom. The Hall–Kier alpha value is -2.64. The van der Waals surface area contributed by atoms with Gasteiger partial charge in [0.05, 0.1) is 18.6 Å². The molecule has 0 radical (unpaired) electrons. The standard InChI is InChI=1S/C13H15N5O3/c1-10-6-11(21-15-10)7-17-8-12(19)18(13(17)20)5-4-16-3-2-14-9-16/h2-3,6,9H,4-5,7-8H2,1H3. The van der Waals surface area contributed by atoms with E-state index in [1.54, 1.807) is 31.7 Å². The second-order valence-electron chi connectivity index (χ2n) is 4.92. The minimum absolute atomic E-state index is 0.0719. The molecule has 8 heteroatoms. The SMILES string of the molecule is Cc1cc(CN2CC(=O)N(CCn3ccnc3)C2=O)on1. The van der Waals surface area contributed by atoms with Gasteiger partial charge < -0.3 is 14.0 Å². The Bertz CT molecular complexity index is 649. The van der Waals surface area contributed by atoms with Gasteiger partial charge in [0.2, 0.25) is 5.91 Å². The molecule has 1 aliphatic rings. The van der Waals surface area contributed by atoms with Gasteiger partial charge in [0, 0.05) is 31.5 Å². The highest BCUT2D eigenvalue weighted by Crippen LogP contribution is 2.15. The summed E-state index contributed by atoms with van der Waals surface area (Å²) >= 11 is 0. The lowest BCUT2D eigenvalue weighted by Gasteiger charge is -2.16. The largest absolute Gasteiger partial charge is 0.359 e. The Labute approximate surface area is 120 Å². The molecular formula is C13H15N5O3. The third-order valence-corrected chi connectivity index (χ3v) is 3.29. The van der Waals surface area contributed by atoms with Gasteiger partial charge in [0.25, 0.3) is 0 Å². The second-order valence-corrected chi connectivity index (χ2v) is 4.92. The van der Waals surface area contributed by atoms with Crippen molar-refractivity contribution in [2.45, 2.75) is 20.0 Å². The van der Waals surface area contributed by atoms with Crippen LogP contribution in [0.2, 0.25) is 0 Å². The van der Waals surface area contributed by atoms with Crippen molar-refractivity contribution in [1.82, 2.24) is 24.5 Å². The zero-order valence-corrected chi connectivity index (χ0v) is 11.6. The molecule has 3 amide bonds. The lowest BCUT2D eigenvalue weighted by atomic mass is 10.3. The van der Waals surface area contributed by atoms with Crippen molar-refractivity contribution in [1.29, 1.82) is 0 Å². The second kappa shape index (κ2) is 5.39. The predicted molar refractivity (Wildman–Crippen MR) is 71.0 cm³/mol. The Morgan fingerprint density at radius 3 is 2.86 bits per heavy atom. The van der Waals surface area contributed by atoms with Crippen molar-refractivity contribution < 1.29 is 14.1 Å². The molecule has 110 valence electrons. The molecule has 0 atom stereocenters. The number of amides is 3. The summed E-state index contributed by atoms with van der Waals surface area (Å²) < 4.78 is 6.90. The van der Waals surface area contributed by atoms with Gasteiger partial charge in [-0.25, -0.2) is 9.78 Å². The van der Waals surface area contributed by atoms with Gasteiger partial charge in [0.1, 0.15) is 6.54 Å². The van der Waals surface area contributed by atoms with Crippen LogP contribution in [0.15, 0.2) is 29.3 Å². The fraction of sp³-hybridized carbons (Fsp3) is 0.385. The van der Waals surface area contributed by atoms with Gasteiger partial charge in [-0.05, 0) is 6.92 Å². The third-order valence-electron chi connectivity index (χ3n) is 3.29. The number of hydrogen-bond donors (Lipinski definition) is 0. The number of hydrogen-bond acceptors (Lipinski definition) is 5. The first-order chi connectivity index (χ1) is 10.1. The van der Waals surface area contributed by atoms with E-state index in [9.17, 15) is 9.59 Å². The van der Waals surface area contributed by atoms with E-state index in [1.807, 2.05) is 4.57 Å². The highest BCUT2D eigenvalue weighted by molar-refractivity contribution is 6.01. The van der Waals surface area contributed by atoms with Gasteiger partial charge in [-0.3, -0.25) is 9.69 Å². The molecule has 0 spiro atoms. The number of nitrogens with zero attached hydrogens (tertiary/aromatic N) is 5. The first kappa shape index (κ1) is 13.3. The van der Waals surface area contributed by atoms with E-state index in [0.29, 0.717) is 18.8 Å². The molecule has 0 N–H and O–H groups in total. The van der Waals surface area contributed by atoms with Crippen LogP contribution >= 0.6 is 0 Å². The molecule has 2 aromatic heterocycles. The van der Waals surface area contributed by atoms with E-state index in [0.717, 1.165) is 5.69 Å². The van der Waals surface area contributed by atoms with Gasteiger partial charge in [-0.15, -0.1) is 0 Å². The van der Waals surface area contributed by atoms with Gasteiger partial charge in [-0.1, -0.05) is 5.16 Å². The summed E-state index contributed by atoms with van der Waals surface area (Å²) in [4.78, 5) is 30.8. The zero-order chi connectivity index (χ0) is 14.8. The summed E-state index contributed by atoms with van der Waals surface area (Å²) in [7, 11) is 0. The van der Waals surface area contributed by atoms with E-state index >= 15 is 0 Å². The number of aromatic nitrogens is 3. The lowest BCUT2D eigenvalue weighted by Crippen LogP contribution is -2.35. The van der Waals surface area contributed by atoms with Gasteiger partial charge in [0.15, 0.2) is 5.76 Å². The topological polar surface area (TPSA) is 84.5 Å². The van der Waals surface area contributed by atoms with Crippen molar-refractivity contribution in [2.75, 3.05) is 13.1 Å². The number of aryl methyl sites for hydroxylation is 1. The van der Waals surface area contributed by atoms with Crippen LogP contribution in [-0.2, 0) is 17.9 Å². The highest BCUT2D eigenvalue weighted by Gasteiger charge is 2.36. The fourth-order valence-electron chi connectivity index (χ4n) is 2.25. The monoisotopic (exact) mass is 289 g/mol. The number of carbonyl (C=O) groups is 2. The first-order valence-electron chi connectivity index (χ1n) is 6.60. The molecule has 1 saturated heterocycles. The molecule has 21 heavy (non-hydrogen) atoms. The number of urea groups is 1. The maximum atomic E-state index is 12.2. The molecule has 0 bridgehead atoms. The molecule has 1 fully saturated rings. The Morgan fingerprint density at radius 1 is 1.33 bits per heavy atom. The molecule has 0 saturated carbocycles. The van der Waals surface area contributed by atoms with Crippen molar-refractivity contribution in [3.8, 4) is 0 Å². The maximum absolute atomic E-state index is 12.2. The van der Waals surface area contributed by atoms with Crippen LogP contribution in [0.3, 0.4) is 0 Å². The van der Waals surface area contributed by atoms with Crippen molar-refractivity contribution in [2.24, 2.45) is 0 Å². The van der Waals surface area contributed by atoms with Crippen LogP contribution in [0, 0.1) is 6.92 Å². The molecule has 0 aromatic carbocycles. The summed E-state index contributed by atoms with van der Waals surface area (Å²) in [5, 5.41) is 3.77. The smallest absolute Gasteiger partial charge is 0.327 e. The minimum atomic E-state index is -0.297. The van der Waals surface area contributed by atoms with Crippen molar-refractivity contribution >= 4 is 11.9 Å². The number of rotatable bonds is 5. The summed E-state index contributed by atoms with van der Waals surface area (Å²) in [6.45, 7) is 3.00. The molecule has 3 rings (SSSR count). The molecule has 1 aliphatic heterocycles. The normalized spacial score (nSPS) is 15.3. The van der Waals surface area contributed by atoms with Crippen molar-refractivity contribution in [3.05, 3.63) is 36.2 Å². The number of carbonyl (C=O) groups excluding carboxylic acids is 2. The number of imide groups is 1. The average Bonchev–Trinajstić information content (AvgIpc) is 3.14. The highest BCUT2D eigenvalue weighted by atomic mass is 16.5. The van der Waals surface area contributed by atoms with E-state index in [2.05, 4.69) is 10.1 Å². The van der Waals surface area contributed by atoms with Crippen LogP contribution in [0.5, 0.6) is 0 Å². The van der Waals surface area contributed by atoms with Crippen LogP contribution in [0.1, 0.15) is 11.5 Å². The summed E-state index contributed by atoms with van der Waals surface area (Å²) in [6.07, 6.45) is 5.10. The average molecular weight is 289 g/mol. The van der Waals surface area contributed by atoms with Crippen molar-refractivity contribution in [3.63, 3.8) is 0 Å². The van der Waals surface area contributed by atoms with Crippen LogP contribution in [0.4, 0.5) is 4.79 Å². The van der Waals surface area contributed by atoms with Gasteiger partial charge >= 0.3 is 6.03 Å². The maximum Gasteiger partial charge on any atom is 0.327 e. The summed E-state index contributed by atoms with van der Waals surface area (Å²) in [5.74, 6) is 0.376. The molecular weight excluding hydrogens is 274 g/mol. The molecule has 8 nitrogen and oxygen atoms in total. The third kappa shape index (κ3) is 2.78. The Balaban J connectivity index is 1.61. The fourth-order valence-corrected chi connectivity index (χ4v) is 2.25. The van der Waals surface area contributed by atoms with E-state index in [1.165, 1.54) is 9.80 Å². The van der Waals surface area contributed by atoms with E-state index in [4.69, 9.17) is 4.52 Å². The van der Waals surface area contributed by atoms with Crippen LogP contribution in [-0.4, -0.2) is 49.5 Å². The molecule has 2 aromatic rings. The molecule has 0 unspecified atom stereocenters. The Kier molecular flexibility index (Phi) is 3.43. The van der Waals surface area contributed by atoms with Crippen LogP contribution < -0.4 is 0 Å². The molecule has 0 aliphatic carbocycles. The van der Waals surface area contributed by atoms with Gasteiger partial charge in [-0.2, -0.15) is 0 Å². The zero-order valence-electron chi connectivity index (χ0n) is 11.6. The summed E-state index contributed by atoms with van der Waals surface area (Å²) in [6, 6.07) is 1.46. The minimum Gasteiger partial charge on any atom is -0.359 e. The predicted octanol–water partition coefficient (Wildman–Crippen LogP) is 0.644. The first-order valence-corrected chi connectivity index (χ1v) is 6.60. The quantitative estimate of drug-likeness (QED) is 0.754. The van der Waals surface area contributed by atoms with E-state index < -0.39 is 0 Å². The van der Waals surface area contributed by atoms with E-state index in [-0.39, 0.29) is 25.0 Å². The lowest BCUT2D eigenvalue weighted by molar-refractivity contribution is -0.125. The molecule has 3 heterocycles. The van der Waals surface area contributed by atoms with Crippen LogP contribution in [0.25, 0.3) is 0 Å². The summed E-state index contributed by atoms with van der Waals surface area (Å²) in [5.41, 5.74) is 0.750. The number of imidazole rings is 1.